The molecular formula is C11H16ClNO. The monoisotopic (exact) mass is 213 g/mol. The molecule has 2 nitrogen and oxygen atoms in total. The Morgan fingerprint density at radius 2 is 1.79 bits per heavy atom. The van der Waals surface area contributed by atoms with Crippen molar-refractivity contribution in [2.24, 2.45) is 5.73 Å². The molecule has 1 aromatic rings. The summed E-state index contributed by atoms with van der Waals surface area (Å²) in [6.45, 7) is 5.36. The van der Waals surface area contributed by atoms with Crippen LogP contribution >= 0.6 is 12.4 Å². The minimum Gasteiger partial charge on any atom is -0.319 e. The Hall–Kier alpha value is -0.860. The molecule has 2 N–H and O–H groups in total. The van der Waals surface area contributed by atoms with Crippen LogP contribution < -0.4 is 5.73 Å². The van der Waals surface area contributed by atoms with Gasteiger partial charge in [-0.2, -0.15) is 0 Å². The van der Waals surface area contributed by atoms with E-state index in [1.54, 1.807) is 13.8 Å². The lowest BCUT2D eigenvalue weighted by molar-refractivity contribution is 0.0913. The second-order valence-corrected chi connectivity index (χ2v) is 3.87. The van der Waals surface area contributed by atoms with Crippen molar-refractivity contribution in [2.45, 2.75) is 26.3 Å². The Bertz CT molecular complexity index is 328. The predicted octanol–water partition coefficient (Wildman–Crippen LogP) is 2.34. The number of Topliss-reactive ketones (excluding diaryl/α,β-unsaturated/α-hetero) is 1. The molecule has 0 atom stereocenters. The van der Waals surface area contributed by atoms with Crippen molar-refractivity contribution in [3.63, 3.8) is 0 Å². The fourth-order valence-corrected chi connectivity index (χ4v) is 1.17. The highest BCUT2D eigenvalue weighted by Gasteiger charge is 2.24. The van der Waals surface area contributed by atoms with Crippen LogP contribution in [0.5, 0.6) is 0 Å². The molecule has 0 bridgehead atoms. The van der Waals surface area contributed by atoms with Crippen LogP contribution in [0.2, 0.25) is 0 Å². The van der Waals surface area contributed by atoms with Gasteiger partial charge in [0, 0.05) is 5.56 Å². The Labute approximate surface area is 90.9 Å². The normalized spacial score (nSPS) is 10.6. The molecule has 0 radical (unpaired) electrons. The van der Waals surface area contributed by atoms with Crippen LogP contribution in [-0.4, -0.2) is 11.3 Å². The number of ketones is 1. The maximum Gasteiger partial charge on any atom is 0.182 e. The zero-order chi connectivity index (χ0) is 10.1. The zero-order valence-corrected chi connectivity index (χ0v) is 9.52. The molecule has 0 amide bonds. The standard InChI is InChI=1S/C11H15NO.ClH/c1-8-6-4-5-7-9(8)10(13)11(2,3)12;/h4-7H,12H2,1-3H3;1H. The molecule has 3 heteroatoms. The molecule has 0 fully saturated rings. The van der Waals surface area contributed by atoms with E-state index >= 15 is 0 Å². The largest absolute Gasteiger partial charge is 0.319 e. The second kappa shape index (κ2) is 4.58. The fraction of sp³-hybridized carbons (Fsp3) is 0.364. The van der Waals surface area contributed by atoms with Gasteiger partial charge < -0.3 is 5.73 Å². The summed E-state index contributed by atoms with van der Waals surface area (Å²) >= 11 is 0. The fourth-order valence-electron chi connectivity index (χ4n) is 1.17. The van der Waals surface area contributed by atoms with Gasteiger partial charge in [-0.3, -0.25) is 4.79 Å². The zero-order valence-electron chi connectivity index (χ0n) is 8.70. The minimum atomic E-state index is -0.786. The van der Waals surface area contributed by atoms with Crippen LogP contribution in [0.25, 0.3) is 0 Å². The Balaban J connectivity index is 0.00000169. The average molecular weight is 214 g/mol. The van der Waals surface area contributed by atoms with Gasteiger partial charge in [0.25, 0.3) is 0 Å². The number of hydrogen-bond acceptors (Lipinski definition) is 2. The lowest BCUT2D eigenvalue weighted by Gasteiger charge is -2.17. The first-order valence-corrected chi connectivity index (χ1v) is 4.32. The topological polar surface area (TPSA) is 43.1 Å². The lowest BCUT2D eigenvalue weighted by Crippen LogP contribution is -2.41. The number of aryl methyl sites for hydroxylation is 1. The molecule has 1 rings (SSSR count). The van der Waals surface area contributed by atoms with E-state index in [0.29, 0.717) is 0 Å². The van der Waals surface area contributed by atoms with Crippen LogP contribution in [0.3, 0.4) is 0 Å². The first-order chi connectivity index (χ1) is 5.93. The van der Waals surface area contributed by atoms with Crippen LogP contribution in [0.15, 0.2) is 24.3 Å². The van der Waals surface area contributed by atoms with Crippen molar-refractivity contribution in [3.05, 3.63) is 35.4 Å². The summed E-state index contributed by atoms with van der Waals surface area (Å²) < 4.78 is 0. The van der Waals surface area contributed by atoms with E-state index in [-0.39, 0.29) is 18.2 Å². The van der Waals surface area contributed by atoms with E-state index in [9.17, 15) is 4.79 Å². The molecule has 78 valence electrons. The Morgan fingerprint density at radius 1 is 1.29 bits per heavy atom. The Kier molecular flexibility index (Phi) is 4.30. The summed E-state index contributed by atoms with van der Waals surface area (Å²) in [7, 11) is 0. The maximum atomic E-state index is 11.8. The quantitative estimate of drug-likeness (QED) is 0.767. The van der Waals surface area contributed by atoms with E-state index < -0.39 is 5.54 Å². The summed E-state index contributed by atoms with van der Waals surface area (Å²) in [5.41, 5.74) is 6.64. The molecule has 0 saturated carbocycles. The number of nitrogens with two attached hydrogens (primary N) is 1. The van der Waals surface area contributed by atoms with E-state index in [4.69, 9.17) is 5.73 Å². The van der Waals surface area contributed by atoms with E-state index in [0.717, 1.165) is 11.1 Å². The summed E-state index contributed by atoms with van der Waals surface area (Å²) in [5.74, 6) is -0.00870. The van der Waals surface area contributed by atoms with Gasteiger partial charge in [-0.25, -0.2) is 0 Å². The van der Waals surface area contributed by atoms with Crippen LogP contribution in [-0.2, 0) is 0 Å². The SMILES string of the molecule is Cc1ccccc1C(=O)C(C)(C)N.Cl. The van der Waals surface area contributed by atoms with Gasteiger partial charge in [0.1, 0.15) is 0 Å². The van der Waals surface area contributed by atoms with Crippen molar-refractivity contribution in [3.8, 4) is 0 Å². The molecule has 0 aliphatic rings. The molecule has 0 saturated heterocycles. The number of benzene rings is 1. The molecule has 0 heterocycles. The summed E-state index contributed by atoms with van der Waals surface area (Å²) in [6, 6.07) is 7.49. The maximum absolute atomic E-state index is 11.8. The van der Waals surface area contributed by atoms with Crippen molar-refractivity contribution in [1.29, 1.82) is 0 Å². The second-order valence-electron chi connectivity index (χ2n) is 3.87. The number of carbonyl (C=O) groups excluding carboxylic acids is 1. The highest BCUT2D eigenvalue weighted by atomic mass is 35.5. The molecule has 0 aromatic heterocycles. The third kappa shape index (κ3) is 2.82. The van der Waals surface area contributed by atoms with Crippen LogP contribution in [0.4, 0.5) is 0 Å². The van der Waals surface area contributed by atoms with Crippen LogP contribution in [0.1, 0.15) is 29.8 Å². The number of carbonyl (C=O) groups is 1. The minimum absolute atomic E-state index is 0. The molecule has 1 aromatic carbocycles. The van der Waals surface area contributed by atoms with E-state index in [2.05, 4.69) is 0 Å². The van der Waals surface area contributed by atoms with Gasteiger partial charge in [-0.1, -0.05) is 24.3 Å². The highest BCUT2D eigenvalue weighted by molar-refractivity contribution is 6.03. The molecule has 0 spiro atoms. The van der Waals surface area contributed by atoms with Gasteiger partial charge in [-0.15, -0.1) is 12.4 Å². The molecule has 0 unspecified atom stereocenters. The summed E-state index contributed by atoms with van der Waals surface area (Å²) in [5, 5.41) is 0. The number of rotatable bonds is 2. The summed E-state index contributed by atoms with van der Waals surface area (Å²) in [6.07, 6.45) is 0. The van der Waals surface area contributed by atoms with Crippen molar-refractivity contribution >= 4 is 18.2 Å². The van der Waals surface area contributed by atoms with Gasteiger partial charge >= 0.3 is 0 Å². The molecular weight excluding hydrogens is 198 g/mol. The van der Waals surface area contributed by atoms with Gasteiger partial charge in [0.05, 0.1) is 5.54 Å². The third-order valence-electron chi connectivity index (χ3n) is 1.97. The predicted molar refractivity (Wildman–Crippen MR) is 61.0 cm³/mol. The highest BCUT2D eigenvalue weighted by Crippen LogP contribution is 2.13. The first kappa shape index (κ1) is 13.1. The number of halogens is 1. The van der Waals surface area contributed by atoms with Crippen molar-refractivity contribution in [1.82, 2.24) is 0 Å². The van der Waals surface area contributed by atoms with Gasteiger partial charge in [-0.05, 0) is 26.3 Å². The van der Waals surface area contributed by atoms with E-state index in [1.165, 1.54) is 0 Å². The van der Waals surface area contributed by atoms with Gasteiger partial charge in [0.2, 0.25) is 0 Å². The Morgan fingerprint density at radius 3 is 2.21 bits per heavy atom. The van der Waals surface area contributed by atoms with Gasteiger partial charge in [0.15, 0.2) is 5.78 Å². The first-order valence-electron chi connectivity index (χ1n) is 4.32. The molecule has 14 heavy (non-hydrogen) atoms. The van der Waals surface area contributed by atoms with E-state index in [1.807, 2.05) is 31.2 Å². The molecule has 0 aliphatic heterocycles. The number of hydrogen-bond donors (Lipinski definition) is 1. The van der Waals surface area contributed by atoms with Crippen molar-refractivity contribution in [2.75, 3.05) is 0 Å². The smallest absolute Gasteiger partial charge is 0.182 e. The van der Waals surface area contributed by atoms with Crippen molar-refractivity contribution < 1.29 is 4.79 Å². The lowest BCUT2D eigenvalue weighted by atomic mass is 9.92. The molecule has 0 aliphatic carbocycles. The average Bonchev–Trinajstić information content (AvgIpc) is 2.02. The van der Waals surface area contributed by atoms with Crippen LogP contribution in [0, 0.1) is 6.92 Å². The summed E-state index contributed by atoms with van der Waals surface area (Å²) in [4.78, 5) is 11.8. The third-order valence-corrected chi connectivity index (χ3v) is 1.97.